The molecule has 126 valence electrons. The second-order valence-corrected chi connectivity index (χ2v) is 8.64. The SMILES string of the molecule is CC(C)S(=O)(=O)c1ccc(C(=O)N[C@@H]2CC[C@H](C(=O)O)C2)cc1. The molecule has 0 heterocycles. The van der Waals surface area contributed by atoms with Crippen molar-refractivity contribution in [2.75, 3.05) is 0 Å². The lowest BCUT2D eigenvalue weighted by molar-refractivity contribution is -0.141. The van der Waals surface area contributed by atoms with Gasteiger partial charge in [-0.3, -0.25) is 9.59 Å². The minimum absolute atomic E-state index is 0.150. The number of nitrogens with one attached hydrogen (secondary N) is 1. The molecule has 1 saturated carbocycles. The molecule has 2 N–H and O–H groups in total. The predicted molar refractivity (Wildman–Crippen MR) is 85.0 cm³/mol. The number of carbonyl (C=O) groups excluding carboxylic acids is 1. The third-order valence-corrected chi connectivity index (χ3v) is 6.35. The largest absolute Gasteiger partial charge is 0.481 e. The van der Waals surface area contributed by atoms with Gasteiger partial charge in [0, 0.05) is 11.6 Å². The molecule has 0 aromatic heterocycles. The second-order valence-electron chi connectivity index (χ2n) is 6.14. The molecule has 2 atom stereocenters. The average Bonchev–Trinajstić information content (AvgIpc) is 2.96. The van der Waals surface area contributed by atoms with Crippen LogP contribution in [0.5, 0.6) is 0 Å². The van der Waals surface area contributed by atoms with Gasteiger partial charge < -0.3 is 10.4 Å². The van der Waals surface area contributed by atoms with E-state index in [0.717, 1.165) is 0 Å². The quantitative estimate of drug-likeness (QED) is 0.852. The Morgan fingerprint density at radius 2 is 1.78 bits per heavy atom. The number of hydrogen-bond donors (Lipinski definition) is 2. The van der Waals surface area contributed by atoms with E-state index in [0.29, 0.717) is 24.8 Å². The molecule has 0 unspecified atom stereocenters. The molecule has 1 fully saturated rings. The number of amides is 1. The molecular formula is C16H21NO5S. The van der Waals surface area contributed by atoms with Gasteiger partial charge in [0.15, 0.2) is 9.84 Å². The fourth-order valence-electron chi connectivity index (χ4n) is 2.67. The normalized spacial score (nSPS) is 21.3. The minimum atomic E-state index is -3.36. The van der Waals surface area contributed by atoms with Crippen LogP contribution in [0.4, 0.5) is 0 Å². The lowest BCUT2D eigenvalue weighted by Crippen LogP contribution is -2.33. The molecule has 0 bridgehead atoms. The van der Waals surface area contributed by atoms with Gasteiger partial charge in [0.05, 0.1) is 16.1 Å². The number of carbonyl (C=O) groups is 2. The monoisotopic (exact) mass is 339 g/mol. The van der Waals surface area contributed by atoms with E-state index in [1.54, 1.807) is 13.8 Å². The Hall–Kier alpha value is -1.89. The van der Waals surface area contributed by atoms with Crippen LogP contribution in [0, 0.1) is 5.92 Å². The van der Waals surface area contributed by atoms with Crippen molar-refractivity contribution in [2.24, 2.45) is 5.92 Å². The van der Waals surface area contributed by atoms with Gasteiger partial charge in [-0.05, 0) is 57.4 Å². The van der Waals surface area contributed by atoms with E-state index in [2.05, 4.69) is 5.32 Å². The second kappa shape index (κ2) is 6.70. The molecule has 6 nitrogen and oxygen atoms in total. The molecule has 2 rings (SSSR count). The fourth-order valence-corrected chi connectivity index (χ4v) is 3.73. The third-order valence-electron chi connectivity index (χ3n) is 4.18. The number of benzene rings is 1. The van der Waals surface area contributed by atoms with E-state index in [-0.39, 0.29) is 16.8 Å². The number of hydrogen-bond acceptors (Lipinski definition) is 4. The van der Waals surface area contributed by atoms with E-state index >= 15 is 0 Å². The summed E-state index contributed by atoms with van der Waals surface area (Å²) in [7, 11) is -3.36. The van der Waals surface area contributed by atoms with Crippen molar-refractivity contribution in [1.29, 1.82) is 0 Å². The molecule has 1 amide bonds. The van der Waals surface area contributed by atoms with Crippen LogP contribution in [0.2, 0.25) is 0 Å². The van der Waals surface area contributed by atoms with Gasteiger partial charge in [-0.2, -0.15) is 0 Å². The molecule has 1 aliphatic rings. The highest BCUT2D eigenvalue weighted by Gasteiger charge is 2.30. The van der Waals surface area contributed by atoms with Crippen molar-refractivity contribution in [1.82, 2.24) is 5.32 Å². The Labute approximate surface area is 135 Å². The number of rotatable bonds is 5. The highest BCUT2D eigenvalue weighted by Crippen LogP contribution is 2.26. The van der Waals surface area contributed by atoms with E-state index in [4.69, 9.17) is 5.11 Å². The maximum absolute atomic E-state index is 12.2. The number of aliphatic carboxylic acids is 1. The van der Waals surface area contributed by atoms with Crippen molar-refractivity contribution in [3.63, 3.8) is 0 Å². The summed E-state index contributed by atoms with van der Waals surface area (Å²) in [5.74, 6) is -1.54. The smallest absolute Gasteiger partial charge is 0.306 e. The molecule has 0 spiro atoms. The molecular weight excluding hydrogens is 318 g/mol. The Kier molecular flexibility index (Phi) is 5.09. The predicted octanol–water partition coefficient (Wildman–Crippen LogP) is 1.85. The number of carboxylic acid groups (broad SMARTS) is 1. The van der Waals surface area contributed by atoms with E-state index in [1.165, 1.54) is 24.3 Å². The van der Waals surface area contributed by atoms with Gasteiger partial charge in [0.1, 0.15) is 0 Å². The molecule has 1 aromatic carbocycles. The molecule has 23 heavy (non-hydrogen) atoms. The topological polar surface area (TPSA) is 101 Å². The van der Waals surface area contributed by atoms with Crippen molar-refractivity contribution in [3.8, 4) is 0 Å². The molecule has 0 aliphatic heterocycles. The number of sulfone groups is 1. The Bertz CT molecular complexity index is 694. The summed E-state index contributed by atoms with van der Waals surface area (Å²) in [6.45, 7) is 3.21. The van der Waals surface area contributed by atoms with Gasteiger partial charge in [0.25, 0.3) is 5.91 Å². The average molecular weight is 339 g/mol. The summed E-state index contributed by atoms with van der Waals surface area (Å²) in [5, 5.41) is 11.3. The Balaban J connectivity index is 2.03. The van der Waals surface area contributed by atoms with Crippen molar-refractivity contribution in [3.05, 3.63) is 29.8 Å². The van der Waals surface area contributed by atoms with Crippen LogP contribution < -0.4 is 5.32 Å². The molecule has 1 aliphatic carbocycles. The molecule has 7 heteroatoms. The summed E-state index contributed by atoms with van der Waals surface area (Å²) >= 11 is 0. The lowest BCUT2D eigenvalue weighted by atomic mass is 10.1. The highest BCUT2D eigenvalue weighted by atomic mass is 32.2. The van der Waals surface area contributed by atoms with Crippen molar-refractivity contribution in [2.45, 2.75) is 49.3 Å². The maximum atomic E-state index is 12.2. The lowest BCUT2D eigenvalue weighted by Gasteiger charge is -2.13. The van der Waals surface area contributed by atoms with Crippen LogP contribution >= 0.6 is 0 Å². The van der Waals surface area contributed by atoms with Gasteiger partial charge >= 0.3 is 5.97 Å². The zero-order chi connectivity index (χ0) is 17.2. The first kappa shape index (κ1) is 17.5. The zero-order valence-corrected chi connectivity index (χ0v) is 14.0. The zero-order valence-electron chi connectivity index (χ0n) is 13.2. The molecule has 0 saturated heterocycles. The summed E-state index contributed by atoms with van der Waals surface area (Å²) in [6, 6.07) is 5.67. The first-order valence-corrected chi connectivity index (χ1v) is 9.14. The summed E-state index contributed by atoms with van der Waals surface area (Å²) < 4.78 is 24.1. The van der Waals surface area contributed by atoms with Crippen molar-refractivity contribution < 1.29 is 23.1 Å². The van der Waals surface area contributed by atoms with E-state index < -0.39 is 27.0 Å². The van der Waals surface area contributed by atoms with E-state index in [1.807, 2.05) is 0 Å². The van der Waals surface area contributed by atoms with Gasteiger partial charge in [-0.25, -0.2) is 8.42 Å². The standard InChI is InChI=1S/C16H21NO5S/c1-10(2)23(21,22)14-7-4-11(5-8-14)15(18)17-13-6-3-12(9-13)16(19)20/h4-5,7-8,10,12-13H,3,6,9H2,1-2H3,(H,17,18)(H,19,20)/t12-,13+/m0/s1. The highest BCUT2D eigenvalue weighted by molar-refractivity contribution is 7.92. The molecule has 0 radical (unpaired) electrons. The van der Waals surface area contributed by atoms with Crippen LogP contribution in [0.1, 0.15) is 43.5 Å². The summed E-state index contributed by atoms with van der Waals surface area (Å²) in [4.78, 5) is 23.3. The van der Waals surface area contributed by atoms with Gasteiger partial charge in [-0.1, -0.05) is 0 Å². The Morgan fingerprint density at radius 1 is 1.17 bits per heavy atom. The van der Waals surface area contributed by atoms with Gasteiger partial charge in [-0.15, -0.1) is 0 Å². The van der Waals surface area contributed by atoms with Crippen LogP contribution in [0.25, 0.3) is 0 Å². The van der Waals surface area contributed by atoms with Crippen LogP contribution in [0.15, 0.2) is 29.2 Å². The summed E-state index contributed by atoms with van der Waals surface area (Å²) in [5.41, 5.74) is 0.367. The third kappa shape index (κ3) is 3.90. The first-order valence-electron chi connectivity index (χ1n) is 7.59. The Morgan fingerprint density at radius 3 is 2.26 bits per heavy atom. The number of carboxylic acids is 1. The minimum Gasteiger partial charge on any atom is -0.481 e. The first-order chi connectivity index (χ1) is 10.7. The van der Waals surface area contributed by atoms with Crippen LogP contribution in [0.3, 0.4) is 0 Å². The maximum Gasteiger partial charge on any atom is 0.306 e. The summed E-state index contributed by atoms with van der Waals surface area (Å²) in [6.07, 6.45) is 1.63. The fraction of sp³-hybridized carbons (Fsp3) is 0.500. The van der Waals surface area contributed by atoms with E-state index in [9.17, 15) is 18.0 Å². The van der Waals surface area contributed by atoms with Crippen LogP contribution in [-0.2, 0) is 14.6 Å². The molecule has 1 aromatic rings. The van der Waals surface area contributed by atoms with Crippen molar-refractivity contribution >= 4 is 21.7 Å². The van der Waals surface area contributed by atoms with Gasteiger partial charge in [0.2, 0.25) is 0 Å². The van der Waals surface area contributed by atoms with Crippen LogP contribution in [-0.4, -0.2) is 36.7 Å².